The molecular formula is C14H17N3O2. The van der Waals surface area contributed by atoms with Gasteiger partial charge in [0, 0.05) is 17.8 Å². The molecule has 0 radical (unpaired) electrons. The van der Waals surface area contributed by atoms with Crippen molar-refractivity contribution in [2.45, 2.75) is 20.3 Å². The quantitative estimate of drug-likeness (QED) is 0.762. The molecule has 0 unspecified atom stereocenters. The van der Waals surface area contributed by atoms with Gasteiger partial charge in [0.2, 0.25) is 5.91 Å². The minimum Gasteiger partial charge on any atom is -0.376 e. The molecule has 19 heavy (non-hydrogen) atoms. The Morgan fingerprint density at radius 2 is 2.11 bits per heavy atom. The van der Waals surface area contributed by atoms with Crippen molar-refractivity contribution in [3.05, 3.63) is 29.3 Å². The van der Waals surface area contributed by atoms with Gasteiger partial charge in [-0.2, -0.15) is 5.26 Å². The van der Waals surface area contributed by atoms with Crippen LogP contribution >= 0.6 is 0 Å². The summed E-state index contributed by atoms with van der Waals surface area (Å²) < 4.78 is 0. The molecule has 0 heterocycles. The van der Waals surface area contributed by atoms with E-state index in [9.17, 15) is 9.59 Å². The summed E-state index contributed by atoms with van der Waals surface area (Å²) >= 11 is 0. The largest absolute Gasteiger partial charge is 0.376 e. The van der Waals surface area contributed by atoms with Crippen LogP contribution in [0, 0.1) is 11.3 Å². The zero-order chi connectivity index (χ0) is 14.3. The minimum atomic E-state index is -0.140. The molecule has 0 saturated carbocycles. The molecule has 1 amide bonds. The summed E-state index contributed by atoms with van der Waals surface area (Å²) in [4.78, 5) is 22.9. The van der Waals surface area contributed by atoms with Crippen molar-refractivity contribution in [3.63, 3.8) is 0 Å². The van der Waals surface area contributed by atoms with Crippen LogP contribution in [0.15, 0.2) is 18.2 Å². The van der Waals surface area contributed by atoms with Gasteiger partial charge in [-0.15, -0.1) is 0 Å². The van der Waals surface area contributed by atoms with Crippen LogP contribution in [0.1, 0.15) is 36.2 Å². The Labute approximate surface area is 112 Å². The molecule has 0 aliphatic carbocycles. The molecule has 0 saturated heterocycles. The average Bonchev–Trinajstić information content (AvgIpc) is 2.42. The lowest BCUT2D eigenvalue weighted by Crippen LogP contribution is -2.30. The van der Waals surface area contributed by atoms with Crippen molar-refractivity contribution in [1.29, 1.82) is 5.26 Å². The van der Waals surface area contributed by atoms with E-state index in [4.69, 9.17) is 5.26 Å². The van der Waals surface area contributed by atoms with E-state index in [0.717, 1.165) is 6.42 Å². The number of nitrogens with zero attached hydrogens (tertiary/aromatic N) is 1. The zero-order valence-corrected chi connectivity index (χ0v) is 11.1. The normalized spacial score (nSPS) is 9.53. The lowest BCUT2D eigenvalue weighted by molar-refractivity contribution is -0.119. The van der Waals surface area contributed by atoms with Crippen molar-refractivity contribution in [1.82, 2.24) is 5.32 Å². The van der Waals surface area contributed by atoms with E-state index >= 15 is 0 Å². The molecule has 1 aromatic carbocycles. The molecule has 1 aromatic rings. The molecule has 0 aliphatic heterocycles. The van der Waals surface area contributed by atoms with Crippen molar-refractivity contribution < 1.29 is 9.59 Å². The van der Waals surface area contributed by atoms with Crippen molar-refractivity contribution in [2.75, 3.05) is 18.4 Å². The van der Waals surface area contributed by atoms with E-state index in [0.29, 0.717) is 23.4 Å². The highest BCUT2D eigenvalue weighted by Crippen LogP contribution is 2.17. The third kappa shape index (κ3) is 4.43. The first-order valence-electron chi connectivity index (χ1n) is 6.14. The predicted octanol–water partition coefficient (Wildman–Crippen LogP) is 1.70. The van der Waals surface area contributed by atoms with Gasteiger partial charge in [0.1, 0.15) is 0 Å². The van der Waals surface area contributed by atoms with Gasteiger partial charge < -0.3 is 10.6 Å². The Morgan fingerprint density at radius 3 is 2.68 bits per heavy atom. The molecule has 0 spiro atoms. The molecule has 0 fully saturated rings. The monoisotopic (exact) mass is 259 g/mol. The van der Waals surface area contributed by atoms with E-state index in [-0.39, 0.29) is 18.2 Å². The van der Waals surface area contributed by atoms with Gasteiger partial charge in [-0.05, 0) is 31.5 Å². The number of hydrogen-bond donors (Lipinski definition) is 2. The Hall–Kier alpha value is -2.35. The van der Waals surface area contributed by atoms with E-state index < -0.39 is 0 Å². The summed E-state index contributed by atoms with van der Waals surface area (Å²) in [7, 11) is 0. The number of benzene rings is 1. The lowest BCUT2D eigenvalue weighted by atomic mass is 10.1. The van der Waals surface area contributed by atoms with Crippen LogP contribution in [0.4, 0.5) is 5.69 Å². The number of Topliss-reactive ketones (excluding diaryl/α,β-unsaturated/α-hetero) is 1. The summed E-state index contributed by atoms with van der Waals surface area (Å²) in [6, 6.07) is 6.75. The van der Waals surface area contributed by atoms with Gasteiger partial charge in [-0.3, -0.25) is 9.59 Å². The molecule has 5 nitrogen and oxygen atoms in total. The molecule has 2 N–H and O–H groups in total. The second kappa shape index (κ2) is 7.17. The third-order valence-electron chi connectivity index (χ3n) is 2.54. The van der Waals surface area contributed by atoms with Gasteiger partial charge in [0.15, 0.2) is 5.78 Å². The minimum absolute atomic E-state index is 0.0785. The second-order valence-corrected chi connectivity index (χ2v) is 4.13. The maximum Gasteiger partial charge on any atom is 0.239 e. The standard InChI is InChI=1S/C14H17N3O2/c1-3-6-16-14(19)9-17-13-7-11(8-15)4-5-12(13)10(2)18/h4-5,7,17H,3,6,9H2,1-2H3,(H,16,19). The maximum absolute atomic E-state index is 11.5. The van der Waals surface area contributed by atoms with Crippen molar-refractivity contribution in [2.24, 2.45) is 0 Å². The highest BCUT2D eigenvalue weighted by molar-refractivity contribution is 6.00. The number of ketones is 1. The molecule has 0 bridgehead atoms. The molecular weight excluding hydrogens is 242 g/mol. The van der Waals surface area contributed by atoms with E-state index in [2.05, 4.69) is 10.6 Å². The van der Waals surface area contributed by atoms with E-state index in [1.54, 1.807) is 18.2 Å². The van der Waals surface area contributed by atoms with Crippen LogP contribution in [0.25, 0.3) is 0 Å². The fraction of sp³-hybridized carbons (Fsp3) is 0.357. The van der Waals surface area contributed by atoms with Crippen LogP contribution in [0.5, 0.6) is 0 Å². The number of hydrogen-bond acceptors (Lipinski definition) is 4. The zero-order valence-electron chi connectivity index (χ0n) is 11.1. The Balaban J connectivity index is 2.78. The summed E-state index contributed by atoms with van der Waals surface area (Å²) in [6.45, 7) is 4.12. The lowest BCUT2D eigenvalue weighted by Gasteiger charge is -2.10. The van der Waals surface area contributed by atoms with Crippen LogP contribution in [-0.4, -0.2) is 24.8 Å². The SMILES string of the molecule is CCCNC(=O)CNc1cc(C#N)ccc1C(C)=O. The Bertz CT molecular complexity index is 518. The highest BCUT2D eigenvalue weighted by Gasteiger charge is 2.09. The molecule has 100 valence electrons. The predicted molar refractivity (Wildman–Crippen MR) is 73.0 cm³/mol. The Morgan fingerprint density at radius 1 is 1.37 bits per heavy atom. The third-order valence-corrected chi connectivity index (χ3v) is 2.54. The first-order chi connectivity index (χ1) is 9.08. The maximum atomic E-state index is 11.5. The average molecular weight is 259 g/mol. The molecule has 0 aliphatic rings. The van der Waals surface area contributed by atoms with Crippen molar-refractivity contribution in [3.8, 4) is 6.07 Å². The first-order valence-corrected chi connectivity index (χ1v) is 6.14. The number of nitrogens with one attached hydrogen (secondary N) is 2. The summed E-state index contributed by atoms with van der Waals surface area (Å²) in [6.07, 6.45) is 0.869. The van der Waals surface area contributed by atoms with Crippen LogP contribution < -0.4 is 10.6 Å². The molecule has 1 rings (SSSR count). The van der Waals surface area contributed by atoms with Crippen LogP contribution in [-0.2, 0) is 4.79 Å². The van der Waals surface area contributed by atoms with Gasteiger partial charge in [-0.1, -0.05) is 6.92 Å². The number of rotatable bonds is 6. The van der Waals surface area contributed by atoms with Gasteiger partial charge in [0.05, 0.1) is 18.2 Å². The number of carbonyl (C=O) groups excluding carboxylic acids is 2. The van der Waals surface area contributed by atoms with E-state index in [1.165, 1.54) is 6.92 Å². The molecule has 0 aromatic heterocycles. The summed E-state index contributed by atoms with van der Waals surface area (Å²) in [5.41, 5.74) is 1.43. The Kier molecular flexibility index (Phi) is 5.55. The molecule has 0 atom stereocenters. The summed E-state index contributed by atoms with van der Waals surface area (Å²) in [5, 5.41) is 14.5. The topological polar surface area (TPSA) is 82.0 Å². The van der Waals surface area contributed by atoms with Crippen LogP contribution in [0.3, 0.4) is 0 Å². The van der Waals surface area contributed by atoms with Gasteiger partial charge in [-0.25, -0.2) is 0 Å². The van der Waals surface area contributed by atoms with Crippen LogP contribution in [0.2, 0.25) is 0 Å². The highest BCUT2D eigenvalue weighted by atomic mass is 16.2. The number of carbonyl (C=O) groups is 2. The fourth-order valence-corrected chi connectivity index (χ4v) is 1.57. The smallest absolute Gasteiger partial charge is 0.239 e. The number of nitriles is 1. The fourth-order valence-electron chi connectivity index (χ4n) is 1.57. The first kappa shape index (κ1) is 14.7. The van der Waals surface area contributed by atoms with Gasteiger partial charge in [0.25, 0.3) is 0 Å². The number of anilines is 1. The molecule has 5 heteroatoms. The summed E-state index contributed by atoms with van der Waals surface area (Å²) in [5.74, 6) is -0.250. The van der Waals surface area contributed by atoms with Gasteiger partial charge >= 0.3 is 0 Å². The van der Waals surface area contributed by atoms with E-state index in [1.807, 2.05) is 13.0 Å². The second-order valence-electron chi connectivity index (χ2n) is 4.13. The number of amides is 1. The van der Waals surface area contributed by atoms with Crippen molar-refractivity contribution >= 4 is 17.4 Å².